The van der Waals surface area contributed by atoms with Crippen molar-refractivity contribution in [2.45, 2.75) is 25.3 Å². The Balaban J connectivity index is 1.71. The molecule has 1 atom stereocenters. The molecule has 0 radical (unpaired) electrons. The fourth-order valence-electron chi connectivity index (χ4n) is 3.19. The van der Waals surface area contributed by atoms with Crippen LogP contribution in [0.3, 0.4) is 0 Å². The van der Waals surface area contributed by atoms with Gasteiger partial charge >= 0.3 is 0 Å². The lowest BCUT2D eigenvalue weighted by Crippen LogP contribution is -2.40. The molecule has 1 aliphatic heterocycles. The molecule has 21 heavy (non-hydrogen) atoms. The Hall–Kier alpha value is -1.39. The Morgan fingerprint density at radius 3 is 3.00 bits per heavy atom. The largest absolute Gasteiger partial charge is 0.331 e. The molecule has 3 heterocycles. The molecule has 3 nitrogen and oxygen atoms in total. The first-order chi connectivity index (χ1) is 10.3. The predicted octanol–water partition coefficient (Wildman–Crippen LogP) is 3.95. The predicted molar refractivity (Wildman–Crippen MR) is 83.8 cm³/mol. The summed E-state index contributed by atoms with van der Waals surface area (Å²) >= 11 is 7.91. The number of pyridine rings is 1. The summed E-state index contributed by atoms with van der Waals surface area (Å²) in [5.74, 6) is 0.625. The Kier molecular flexibility index (Phi) is 3.23. The van der Waals surface area contributed by atoms with E-state index in [1.165, 1.54) is 23.3 Å². The van der Waals surface area contributed by atoms with E-state index >= 15 is 0 Å². The second kappa shape index (κ2) is 5.11. The molecule has 0 N–H and O–H groups in total. The molecule has 1 saturated carbocycles. The van der Waals surface area contributed by atoms with Crippen LogP contribution in [-0.4, -0.2) is 22.3 Å². The summed E-state index contributed by atoms with van der Waals surface area (Å²) in [6.07, 6.45) is 4.99. The molecule has 108 valence electrons. The number of hydrogen-bond donors (Lipinski definition) is 0. The van der Waals surface area contributed by atoms with Gasteiger partial charge in [-0.05, 0) is 54.3 Å². The van der Waals surface area contributed by atoms with Crippen LogP contribution in [0, 0.1) is 5.92 Å². The molecule has 1 aliphatic carbocycles. The van der Waals surface area contributed by atoms with E-state index in [1.807, 2.05) is 16.2 Å². The van der Waals surface area contributed by atoms with Crippen LogP contribution in [0.1, 0.15) is 39.7 Å². The average molecular weight is 319 g/mol. The molecule has 0 bridgehead atoms. The summed E-state index contributed by atoms with van der Waals surface area (Å²) in [5.41, 5.74) is 1.87. The fourth-order valence-corrected chi connectivity index (χ4v) is 4.31. The van der Waals surface area contributed by atoms with Crippen LogP contribution in [-0.2, 0) is 6.42 Å². The van der Waals surface area contributed by atoms with Gasteiger partial charge in [-0.2, -0.15) is 0 Å². The van der Waals surface area contributed by atoms with Crippen molar-refractivity contribution in [3.63, 3.8) is 0 Å². The second-order valence-corrected chi connectivity index (χ2v) is 7.03. The van der Waals surface area contributed by atoms with Crippen LogP contribution in [0.5, 0.6) is 0 Å². The third-order valence-corrected chi connectivity index (χ3v) is 5.63. The number of amides is 1. The van der Waals surface area contributed by atoms with Gasteiger partial charge in [0, 0.05) is 17.6 Å². The van der Waals surface area contributed by atoms with Crippen molar-refractivity contribution in [2.24, 2.45) is 5.92 Å². The van der Waals surface area contributed by atoms with Crippen LogP contribution in [0.25, 0.3) is 0 Å². The maximum Gasteiger partial charge on any atom is 0.257 e. The Morgan fingerprint density at radius 1 is 1.38 bits per heavy atom. The minimum atomic E-state index is 0.0156. The first-order valence-electron chi connectivity index (χ1n) is 7.23. The summed E-state index contributed by atoms with van der Waals surface area (Å²) in [7, 11) is 0. The number of aromatic nitrogens is 1. The zero-order valence-electron chi connectivity index (χ0n) is 11.5. The summed E-state index contributed by atoms with van der Waals surface area (Å²) in [6.45, 7) is 0.777. The van der Waals surface area contributed by atoms with Crippen LogP contribution >= 0.6 is 22.9 Å². The maximum atomic E-state index is 12.9. The normalized spacial score (nSPS) is 21.2. The Morgan fingerprint density at radius 2 is 2.24 bits per heavy atom. The molecule has 1 amide bonds. The molecule has 2 aromatic rings. The molecule has 0 spiro atoms. The highest BCUT2D eigenvalue weighted by atomic mass is 35.5. The van der Waals surface area contributed by atoms with E-state index < -0.39 is 0 Å². The van der Waals surface area contributed by atoms with Crippen molar-refractivity contribution >= 4 is 28.8 Å². The molecule has 2 aromatic heterocycles. The van der Waals surface area contributed by atoms with E-state index in [0.29, 0.717) is 16.6 Å². The number of hydrogen-bond acceptors (Lipinski definition) is 3. The molecule has 1 fully saturated rings. The topological polar surface area (TPSA) is 33.2 Å². The number of thiophene rings is 1. The minimum absolute atomic E-state index is 0.0156. The van der Waals surface area contributed by atoms with E-state index in [-0.39, 0.29) is 11.9 Å². The first-order valence-corrected chi connectivity index (χ1v) is 8.49. The van der Waals surface area contributed by atoms with Gasteiger partial charge < -0.3 is 4.90 Å². The van der Waals surface area contributed by atoms with Gasteiger partial charge in [-0.3, -0.25) is 4.79 Å². The summed E-state index contributed by atoms with van der Waals surface area (Å²) in [6, 6.07) is 5.95. The van der Waals surface area contributed by atoms with Gasteiger partial charge in [0.2, 0.25) is 0 Å². The lowest BCUT2D eigenvalue weighted by atomic mass is 9.95. The number of carbonyl (C=O) groups is 1. The van der Waals surface area contributed by atoms with Crippen molar-refractivity contribution < 1.29 is 4.79 Å². The van der Waals surface area contributed by atoms with Gasteiger partial charge in [-0.25, -0.2) is 4.98 Å². The standard InChI is InChI=1S/C16H15ClN2OS/c17-15-12(2-1-7-18-15)16(20)19-8-5-13-11(6-9-21-13)14(19)10-3-4-10/h1-2,6-7,9-10,14H,3-5,8H2. The number of fused-ring (bicyclic) bond motifs is 1. The van der Waals surface area contributed by atoms with E-state index in [2.05, 4.69) is 16.4 Å². The minimum Gasteiger partial charge on any atom is -0.331 e. The number of nitrogens with zero attached hydrogens (tertiary/aromatic N) is 2. The third-order valence-electron chi connectivity index (χ3n) is 4.33. The van der Waals surface area contributed by atoms with E-state index in [0.717, 1.165) is 13.0 Å². The molecule has 5 heteroatoms. The highest BCUT2D eigenvalue weighted by molar-refractivity contribution is 7.10. The lowest BCUT2D eigenvalue weighted by molar-refractivity contribution is 0.0637. The van der Waals surface area contributed by atoms with Crippen LogP contribution in [0.4, 0.5) is 0 Å². The van der Waals surface area contributed by atoms with Gasteiger partial charge in [-0.1, -0.05) is 11.6 Å². The zero-order valence-corrected chi connectivity index (χ0v) is 13.0. The molecule has 1 unspecified atom stereocenters. The van der Waals surface area contributed by atoms with Gasteiger partial charge in [0.15, 0.2) is 0 Å². The summed E-state index contributed by atoms with van der Waals surface area (Å²) in [5, 5.41) is 2.44. The van der Waals surface area contributed by atoms with Gasteiger partial charge in [0.1, 0.15) is 5.15 Å². The van der Waals surface area contributed by atoms with Crippen LogP contribution < -0.4 is 0 Å². The van der Waals surface area contributed by atoms with E-state index in [1.54, 1.807) is 18.3 Å². The van der Waals surface area contributed by atoms with Gasteiger partial charge in [0.05, 0.1) is 11.6 Å². The lowest BCUT2D eigenvalue weighted by Gasteiger charge is -2.36. The number of carbonyl (C=O) groups excluding carboxylic acids is 1. The summed E-state index contributed by atoms with van der Waals surface area (Å²) in [4.78, 5) is 20.4. The SMILES string of the molecule is O=C(c1cccnc1Cl)N1CCc2sccc2C1C1CC1. The highest BCUT2D eigenvalue weighted by Gasteiger charge is 2.42. The van der Waals surface area contributed by atoms with Crippen molar-refractivity contribution in [3.05, 3.63) is 50.9 Å². The number of halogens is 1. The van der Waals surface area contributed by atoms with E-state index in [9.17, 15) is 4.79 Å². The third kappa shape index (κ3) is 2.27. The Bertz CT molecular complexity index is 695. The van der Waals surface area contributed by atoms with Crippen LogP contribution in [0.15, 0.2) is 29.8 Å². The van der Waals surface area contributed by atoms with Crippen molar-refractivity contribution in [1.29, 1.82) is 0 Å². The van der Waals surface area contributed by atoms with Gasteiger partial charge in [0.25, 0.3) is 5.91 Å². The van der Waals surface area contributed by atoms with Crippen molar-refractivity contribution in [3.8, 4) is 0 Å². The Labute approximate surface area is 132 Å². The average Bonchev–Trinajstić information content (AvgIpc) is 3.22. The quantitative estimate of drug-likeness (QED) is 0.786. The molecule has 4 rings (SSSR count). The zero-order chi connectivity index (χ0) is 14.4. The highest BCUT2D eigenvalue weighted by Crippen LogP contribution is 2.48. The van der Waals surface area contributed by atoms with Crippen molar-refractivity contribution in [1.82, 2.24) is 9.88 Å². The smallest absolute Gasteiger partial charge is 0.257 e. The monoisotopic (exact) mass is 318 g/mol. The molecule has 0 saturated heterocycles. The number of rotatable bonds is 2. The molecular formula is C16H15ClN2OS. The van der Waals surface area contributed by atoms with E-state index in [4.69, 9.17) is 11.6 Å². The fraction of sp³-hybridized carbons (Fsp3) is 0.375. The van der Waals surface area contributed by atoms with Crippen LogP contribution in [0.2, 0.25) is 5.15 Å². The molecular weight excluding hydrogens is 304 g/mol. The van der Waals surface area contributed by atoms with Gasteiger partial charge in [-0.15, -0.1) is 11.3 Å². The van der Waals surface area contributed by atoms with Crippen molar-refractivity contribution in [2.75, 3.05) is 6.54 Å². The molecule has 2 aliphatic rings. The maximum absolute atomic E-state index is 12.9. The first kappa shape index (κ1) is 13.3. The second-order valence-electron chi connectivity index (χ2n) is 5.67. The summed E-state index contributed by atoms with van der Waals surface area (Å²) < 4.78 is 0. The molecule has 0 aromatic carbocycles.